The molecule has 0 amide bonds. The van der Waals surface area contributed by atoms with Crippen molar-refractivity contribution in [1.29, 1.82) is 0 Å². The van der Waals surface area contributed by atoms with Gasteiger partial charge in [-0.1, -0.05) is 43.7 Å². The zero-order chi connectivity index (χ0) is 34.1. The van der Waals surface area contributed by atoms with Crippen LogP contribution in [0.3, 0.4) is 0 Å². The van der Waals surface area contributed by atoms with Crippen molar-refractivity contribution in [1.82, 2.24) is 0 Å². The Morgan fingerprint density at radius 1 is 0.681 bits per heavy atom. The van der Waals surface area contributed by atoms with E-state index in [1.807, 2.05) is 0 Å². The summed E-state index contributed by atoms with van der Waals surface area (Å²) in [6.07, 6.45) is 0.974. The van der Waals surface area contributed by atoms with E-state index < -0.39 is 29.7 Å². The maximum absolute atomic E-state index is 15.2. The number of carbonyl (C=O) groups is 4. The van der Waals surface area contributed by atoms with Crippen LogP contribution >= 0.6 is 0 Å². The molecule has 9 heteroatoms. The van der Waals surface area contributed by atoms with Gasteiger partial charge in [-0.2, -0.15) is 0 Å². The van der Waals surface area contributed by atoms with Crippen LogP contribution in [0.5, 0.6) is 23.0 Å². The topological polar surface area (TPSA) is 105 Å². The van der Waals surface area contributed by atoms with Crippen molar-refractivity contribution >= 4 is 23.9 Å². The largest absolute Gasteiger partial charge is 0.423 e. The highest BCUT2D eigenvalue weighted by molar-refractivity contribution is 5.91. The molecule has 0 radical (unpaired) electrons. The van der Waals surface area contributed by atoms with E-state index in [0.29, 0.717) is 11.1 Å². The highest BCUT2D eigenvalue weighted by atomic mass is 19.1. The Morgan fingerprint density at radius 3 is 1.70 bits per heavy atom. The van der Waals surface area contributed by atoms with Crippen LogP contribution < -0.4 is 18.9 Å². The van der Waals surface area contributed by atoms with E-state index in [2.05, 4.69) is 31.6 Å². The molecule has 0 aromatic heterocycles. The van der Waals surface area contributed by atoms with Gasteiger partial charge >= 0.3 is 23.9 Å². The molecule has 0 aliphatic heterocycles. The van der Waals surface area contributed by atoms with Gasteiger partial charge in [0.15, 0.2) is 0 Å². The number of hydrogen-bond donors (Lipinski definition) is 0. The normalized spacial score (nSPS) is 10.0. The molecule has 4 rings (SSSR count). The van der Waals surface area contributed by atoms with Crippen molar-refractivity contribution in [3.8, 4) is 46.0 Å². The molecule has 4 aromatic carbocycles. The first-order chi connectivity index (χ1) is 22.4. The molecule has 0 bridgehead atoms. The van der Waals surface area contributed by atoms with Gasteiger partial charge in [0.25, 0.3) is 0 Å². The molecule has 0 saturated carbocycles. The lowest BCUT2D eigenvalue weighted by Crippen LogP contribution is -2.09. The van der Waals surface area contributed by atoms with Crippen LogP contribution in [0, 0.1) is 17.7 Å². The quantitative estimate of drug-likeness (QED) is 0.0830. The Kier molecular flexibility index (Phi) is 10.6. The molecule has 8 nitrogen and oxygen atoms in total. The predicted molar refractivity (Wildman–Crippen MR) is 172 cm³/mol. The number of hydrogen-bond acceptors (Lipinski definition) is 8. The maximum Gasteiger partial charge on any atom is 0.343 e. The highest BCUT2D eigenvalue weighted by Crippen LogP contribution is 2.34. The van der Waals surface area contributed by atoms with Crippen LogP contribution in [0.4, 0.5) is 4.39 Å². The van der Waals surface area contributed by atoms with Crippen LogP contribution in [0.25, 0.3) is 11.1 Å². The second-order valence-electron chi connectivity index (χ2n) is 10.0. The summed E-state index contributed by atoms with van der Waals surface area (Å²) in [7, 11) is 0. The van der Waals surface area contributed by atoms with Crippen molar-refractivity contribution in [2.24, 2.45) is 0 Å². The Bertz CT molecular complexity index is 1960. The second kappa shape index (κ2) is 15.0. The van der Waals surface area contributed by atoms with E-state index in [9.17, 15) is 19.2 Å². The lowest BCUT2D eigenvalue weighted by atomic mass is 10.0. The van der Waals surface area contributed by atoms with E-state index in [1.165, 1.54) is 74.5 Å². The second-order valence-corrected chi connectivity index (χ2v) is 10.0. The molecule has 0 spiro atoms. The molecule has 0 unspecified atom stereocenters. The molecule has 234 valence electrons. The zero-order valence-corrected chi connectivity index (χ0v) is 25.4. The van der Waals surface area contributed by atoms with E-state index in [1.54, 1.807) is 24.3 Å². The van der Waals surface area contributed by atoms with Crippen molar-refractivity contribution in [3.05, 3.63) is 144 Å². The Labute approximate surface area is 270 Å². The number of halogens is 1. The molecule has 0 aliphatic rings. The number of benzene rings is 4. The molecule has 0 heterocycles. The molecule has 47 heavy (non-hydrogen) atoms. The lowest BCUT2D eigenvalue weighted by Gasteiger charge is -2.12. The van der Waals surface area contributed by atoms with Gasteiger partial charge < -0.3 is 18.9 Å². The van der Waals surface area contributed by atoms with Gasteiger partial charge in [0.05, 0.1) is 11.1 Å². The summed E-state index contributed by atoms with van der Waals surface area (Å²) in [6.45, 7) is 13.5. The SMILES string of the molecule is C=CC(=O)Oc1cc(C#Cc2ccc(C(=O)Oc3ccc(OC(=O)C(=C)C)cc3)cc2)c(F)cc1-c1ccc(OC(=O)C(=C)C)cc1. The minimum absolute atomic E-state index is 0.0346. The van der Waals surface area contributed by atoms with Crippen LogP contribution in [0.1, 0.15) is 35.3 Å². The zero-order valence-electron chi connectivity index (χ0n) is 25.4. The Balaban J connectivity index is 1.50. The van der Waals surface area contributed by atoms with Gasteiger partial charge in [-0.3, -0.25) is 0 Å². The molecular formula is C38H27FO8. The number of esters is 4. The molecule has 4 aromatic rings. The van der Waals surface area contributed by atoms with Crippen LogP contribution in [-0.4, -0.2) is 23.9 Å². The van der Waals surface area contributed by atoms with Crippen LogP contribution in [0.15, 0.2) is 122 Å². The highest BCUT2D eigenvalue weighted by Gasteiger charge is 2.16. The molecule has 0 aliphatic carbocycles. The molecule has 0 fully saturated rings. The first-order valence-corrected chi connectivity index (χ1v) is 13.9. The minimum Gasteiger partial charge on any atom is -0.423 e. The van der Waals surface area contributed by atoms with Gasteiger partial charge in [0.1, 0.15) is 28.8 Å². The third-order valence-electron chi connectivity index (χ3n) is 6.23. The molecule has 0 saturated heterocycles. The monoisotopic (exact) mass is 630 g/mol. The van der Waals surface area contributed by atoms with E-state index in [4.69, 9.17) is 18.9 Å². The predicted octanol–water partition coefficient (Wildman–Crippen LogP) is 7.17. The van der Waals surface area contributed by atoms with E-state index in [0.717, 1.165) is 6.08 Å². The molecular weight excluding hydrogens is 603 g/mol. The summed E-state index contributed by atoms with van der Waals surface area (Å²) >= 11 is 0. The van der Waals surface area contributed by atoms with Crippen LogP contribution in [0.2, 0.25) is 0 Å². The van der Waals surface area contributed by atoms with Crippen molar-refractivity contribution in [3.63, 3.8) is 0 Å². The van der Waals surface area contributed by atoms with Crippen LogP contribution in [-0.2, 0) is 14.4 Å². The average Bonchev–Trinajstić information content (AvgIpc) is 3.06. The average molecular weight is 631 g/mol. The third kappa shape index (κ3) is 9.00. The van der Waals surface area contributed by atoms with E-state index >= 15 is 4.39 Å². The standard InChI is InChI=1S/C38H27FO8/c1-6-35(40)47-34-21-28(33(39)22-32(34)26-13-15-29(16-14-26)44-36(41)23(2)3)12-9-25-7-10-27(11-8-25)38(43)46-31-19-17-30(18-20-31)45-37(42)24(4)5/h6-8,10-11,13-22H,1-2,4H2,3,5H3. The smallest absolute Gasteiger partial charge is 0.343 e. The Morgan fingerprint density at radius 2 is 1.19 bits per heavy atom. The summed E-state index contributed by atoms with van der Waals surface area (Å²) in [5.74, 6) is 3.14. The number of carbonyl (C=O) groups excluding carboxylic acids is 4. The fourth-order valence-electron chi connectivity index (χ4n) is 3.77. The summed E-state index contributed by atoms with van der Waals surface area (Å²) < 4.78 is 36.3. The van der Waals surface area contributed by atoms with Gasteiger partial charge in [-0.05, 0) is 86.1 Å². The summed E-state index contributed by atoms with van der Waals surface area (Å²) in [4.78, 5) is 48.1. The van der Waals surface area contributed by atoms with Crippen molar-refractivity contribution < 1.29 is 42.5 Å². The minimum atomic E-state index is -0.756. The van der Waals surface area contributed by atoms with Gasteiger partial charge in [-0.25, -0.2) is 23.6 Å². The van der Waals surface area contributed by atoms with Gasteiger partial charge in [0, 0.05) is 34.4 Å². The maximum atomic E-state index is 15.2. The molecule has 0 N–H and O–H groups in total. The van der Waals surface area contributed by atoms with Crippen molar-refractivity contribution in [2.75, 3.05) is 0 Å². The number of ether oxygens (including phenoxy) is 4. The fourth-order valence-corrected chi connectivity index (χ4v) is 3.77. The number of rotatable bonds is 9. The Hall–Kier alpha value is -6.53. The van der Waals surface area contributed by atoms with Crippen molar-refractivity contribution in [2.45, 2.75) is 13.8 Å². The summed E-state index contributed by atoms with van der Waals surface area (Å²) in [5.41, 5.74) is 1.88. The summed E-state index contributed by atoms with van der Waals surface area (Å²) in [5, 5.41) is 0. The van der Waals surface area contributed by atoms with Gasteiger partial charge in [0.2, 0.25) is 0 Å². The molecule has 0 atom stereocenters. The first-order valence-electron chi connectivity index (χ1n) is 13.9. The fraction of sp³-hybridized carbons (Fsp3) is 0.0526. The van der Waals surface area contributed by atoms with E-state index in [-0.39, 0.29) is 50.8 Å². The third-order valence-corrected chi connectivity index (χ3v) is 6.23. The lowest BCUT2D eigenvalue weighted by molar-refractivity contribution is -0.130. The first kappa shape index (κ1) is 33.4. The summed E-state index contributed by atoms with van der Waals surface area (Å²) in [6, 6.07) is 20.7. The van der Waals surface area contributed by atoms with Gasteiger partial charge in [-0.15, -0.1) is 0 Å².